The molecule has 0 saturated carbocycles. The van der Waals surface area contributed by atoms with Gasteiger partial charge in [-0.2, -0.15) is 0 Å². The van der Waals surface area contributed by atoms with E-state index in [9.17, 15) is 13.6 Å². The van der Waals surface area contributed by atoms with Gasteiger partial charge >= 0.3 is 0 Å². The Morgan fingerprint density at radius 3 is 2.68 bits per heavy atom. The van der Waals surface area contributed by atoms with Crippen LogP contribution in [-0.4, -0.2) is 18.0 Å². The number of carbonyl (C=O) groups is 1. The Morgan fingerprint density at radius 2 is 1.95 bits per heavy atom. The quantitative estimate of drug-likeness (QED) is 0.775. The monoisotopic (exact) mass is 302 g/mol. The number of benzene rings is 2. The number of hydrogen-bond acceptors (Lipinski definition) is 2. The molecule has 22 heavy (non-hydrogen) atoms. The largest absolute Gasteiger partial charge is 0.497 e. The number of anilines is 1. The summed E-state index contributed by atoms with van der Waals surface area (Å²) in [6, 6.07) is 8.49. The van der Waals surface area contributed by atoms with E-state index in [-0.39, 0.29) is 5.69 Å². The first-order chi connectivity index (χ1) is 10.6. The van der Waals surface area contributed by atoms with Gasteiger partial charge in [-0.25, -0.2) is 8.78 Å². The minimum Gasteiger partial charge on any atom is -0.497 e. The molecule has 0 atom stereocenters. The molecule has 6 heteroatoms. The van der Waals surface area contributed by atoms with Crippen molar-refractivity contribution in [3.8, 4) is 5.75 Å². The maximum atomic E-state index is 13.2. The van der Waals surface area contributed by atoms with Crippen LogP contribution in [0.2, 0.25) is 0 Å². The lowest BCUT2D eigenvalue weighted by atomic mass is 10.1. The predicted octanol–water partition coefficient (Wildman–Crippen LogP) is 3.71. The van der Waals surface area contributed by atoms with Crippen LogP contribution in [-0.2, 0) is 0 Å². The van der Waals surface area contributed by atoms with Crippen molar-refractivity contribution in [2.45, 2.75) is 0 Å². The molecule has 0 bridgehead atoms. The van der Waals surface area contributed by atoms with Crippen LogP contribution in [0.5, 0.6) is 5.75 Å². The van der Waals surface area contributed by atoms with Crippen molar-refractivity contribution in [1.29, 1.82) is 0 Å². The molecule has 0 aliphatic carbocycles. The van der Waals surface area contributed by atoms with Crippen molar-refractivity contribution in [2.75, 3.05) is 12.4 Å². The predicted molar refractivity (Wildman–Crippen MR) is 79.2 cm³/mol. The molecule has 0 fully saturated rings. The minimum atomic E-state index is -1.02. The lowest BCUT2D eigenvalue weighted by molar-refractivity contribution is 0.102. The minimum absolute atomic E-state index is 0.182. The van der Waals surface area contributed by atoms with E-state index >= 15 is 0 Å². The molecule has 0 radical (unpaired) electrons. The molecule has 0 aliphatic rings. The first kappa shape index (κ1) is 14.1. The van der Waals surface area contributed by atoms with E-state index in [4.69, 9.17) is 4.74 Å². The summed E-state index contributed by atoms with van der Waals surface area (Å²) >= 11 is 0. The summed E-state index contributed by atoms with van der Waals surface area (Å²) in [5, 5.41) is 3.22. The standard InChI is InChI=1S/C16H12F2N2O2/c1-22-10-3-5-15-11(7-10)12(8-19-15)16(21)20-9-2-4-13(17)14(18)6-9/h2-8,19H,1H3,(H,20,21). The summed E-state index contributed by atoms with van der Waals surface area (Å²) in [5.41, 5.74) is 1.34. The third-order valence-corrected chi connectivity index (χ3v) is 3.31. The SMILES string of the molecule is COc1ccc2[nH]cc(C(=O)Nc3ccc(F)c(F)c3)c2c1. The van der Waals surface area contributed by atoms with E-state index in [1.807, 2.05) is 0 Å². The highest BCUT2D eigenvalue weighted by atomic mass is 19.2. The molecule has 1 aromatic heterocycles. The zero-order valence-corrected chi connectivity index (χ0v) is 11.6. The molecule has 112 valence electrons. The van der Waals surface area contributed by atoms with Gasteiger partial charge in [-0.15, -0.1) is 0 Å². The number of rotatable bonds is 3. The number of methoxy groups -OCH3 is 1. The number of amides is 1. The molecular formula is C16H12F2N2O2. The summed E-state index contributed by atoms with van der Waals surface area (Å²) in [6.45, 7) is 0. The smallest absolute Gasteiger partial charge is 0.257 e. The van der Waals surface area contributed by atoms with Crippen LogP contribution in [0.3, 0.4) is 0 Å². The van der Waals surface area contributed by atoms with Gasteiger partial charge in [-0.3, -0.25) is 4.79 Å². The van der Waals surface area contributed by atoms with Gasteiger partial charge in [0.05, 0.1) is 12.7 Å². The highest BCUT2D eigenvalue weighted by molar-refractivity contribution is 6.13. The zero-order chi connectivity index (χ0) is 15.7. The normalized spacial score (nSPS) is 10.7. The number of halogens is 2. The van der Waals surface area contributed by atoms with E-state index < -0.39 is 17.5 Å². The van der Waals surface area contributed by atoms with Crippen molar-refractivity contribution in [1.82, 2.24) is 4.98 Å². The van der Waals surface area contributed by atoms with Gasteiger partial charge in [-0.05, 0) is 30.3 Å². The van der Waals surface area contributed by atoms with Crippen LogP contribution in [0.15, 0.2) is 42.6 Å². The molecule has 4 nitrogen and oxygen atoms in total. The fraction of sp³-hybridized carbons (Fsp3) is 0.0625. The van der Waals surface area contributed by atoms with E-state index in [1.165, 1.54) is 13.2 Å². The average molecular weight is 302 g/mol. The van der Waals surface area contributed by atoms with Gasteiger partial charge in [0, 0.05) is 28.9 Å². The lowest BCUT2D eigenvalue weighted by Crippen LogP contribution is -2.11. The number of fused-ring (bicyclic) bond motifs is 1. The van der Waals surface area contributed by atoms with Crippen LogP contribution < -0.4 is 10.1 Å². The Kier molecular flexibility index (Phi) is 3.50. The molecule has 3 rings (SSSR count). The second-order valence-electron chi connectivity index (χ2n) is 4.70. The first-order valence-electron chi connectivity index (χ1n) is 6.50. The maximum absolute atomic E-state index is 13.2. The molecule has 0 spiro atoms. The highest BCUT2D eigenvalue weighted by Crippen LogP contribution is 2.24. The third kappa shape index (κ3) is 2.50. The fourth-order valence-corrected chi connectivity index (χ4v) is 2.19. The molecule has 1 amide bonds. The Hall–Kier alpha value is -2.89. The molecule has 0 saturated heterocycles. The zero-order valence-electron chi connectivity index (χ0n) is 11.6. The van der Waals surface area contributed by atoms with E-state index in [2.05, 4.69) is 10.3 Å². The van der Waals surface area contributed by atoms with Crippen LogP contribution >= 0.6 is 0 Å². The summed E-state index contributed by atoms with van der Waals surface area (Å²) < 4.78 is 31.2. The van der Waals surface area contributed by atoms with Gasteiger partial charge in [0.15, 0.2) is 11.6 Å². The Balaban J connectivity index is 1.93. The number of H-pyrrole nitrogens is 1. The Morgan fingerprint density at radius 1 is 1.14 bits per heavy atom. The molecule has 0 aliphatic heterocycles. The topological polar surface area (TPSA) is 54.1 Å². The van der Waals surface area contributed by atoms with E-state index in [0.29, 0.717) is 16.7 Å². The number of carbonyl (C=O) groups excluding carboxylic acids is 1. The number of aromatic nitrogens is 1. The third-order valence-electron chi connectivity index (χ3n) is 3.31. The Labute approximate surface area is 124 Å². The summed E-state index contributed by atoms with van der Waals surface area (Å²) in [7, 11) is 1.54. The molecule has 0 unspecified atom stereocenters. The van der Waals surface area contributed by atoms with E-state index in [0.717, 1.165) is 17.6 Å². The highest BCUT2D eigenvalue weighted by Gasteiger charge is 2.14. The van der Waals surface area contributed by atoms with Crippen LogP contribution in [0.25, 0.3) is 10.9 Å². The first-order valence-corrected chi connectivity index (χ1v) is 6.50. The van der Waals surface area contributed by atoms with Gasteiger partial charge in [0.2, 0.25) is 0 Å². The fourth-order valence-electron chi connectivity index (χ4n) is 2.19. The van der Waals surface area contributed by atoms with Crippen LogP contribution in [0.4, 0.5) is 14.5 Å². The Bertz CT molecular complexity index is 858. The summed E-state index contributed by atoms with van der Waals surface area (Å²) in [4.78, 5) is 15.3. The van der Waals surface area contributed by atoms with Gasteiger partial charge in [0.1, 0.15) is 5.75 Å². The molecule has 2 aromatic carbocycles. The van der Waals surface area contributed by atoms with Crippen molar-refractivity contribution in [3.63, 3.8) is 0 Å². The molecular weight excluding hydrogens is 290 g/mol. The number of aromatic amines is 1. The van der Waals surface area contributed by atoms with Crippen molar-refractivity contribution >= 4 is 22.5 Å². The molecule has 3 aromatic rings. The van der Waals surface area contributed by atoms with Gasteiger partial charge < -0.3 is 15.0 Å². The number of ether oxygens (including phenoxy) is 1. The van der Waals surface area contributed by atoms with Crippen molar-refractivity contribution in [3.05, 3.63) is 59.8 Å². The lowest BCUT2D eigenvalue weighted by Gasteiger charge is -2.05. The van der Waals surface area contributed by atoms with Crippen LogP contribution in [0, 0.1) is 11.6 Å². The molecule has 1 heterocycles. The number of nitrogens with one attached hydrogen (secondary N) is 2. The number of hydrogen-bond donors (Lipinski definition) is 2. The van der Waals surface area contributed by atoms with Gasteiger partial charge in [0.25, 0.3) is 5.91 Å². The average Bonchev–Trinajstić information content (AvgIpc) is 2.94. The van der Waals surface area contributed by atoms with E-state index in [1.54, 1.807) is 24.4 Å². The second-order valence-corrected chi connectivity index (χ2v) is 4.70. The van der Waals surface area contributed by atoms with Crippen molar-refractivity contribution in [2.24, 2.45) is 0 Å². The summed E-state index contributed by atoms with van der Waals surface area (Å²) in [5.74, 6) is -1.78. The molecule has 2 N–H and O–H groups in total. The maximum Gasteiger partial charge on any atom is 0.257 e. The van der Waals surface area contributed by atoms with Gasteiger partial charge in [-0.1, -0.05) is 0 Å². The van der Waals surface area contributed by atoms with Crippen molar-refractivity contribution < 1.29 is 18.3 Å². The van der Waals surface area contributed by atoms with Crippen LogP contribution in [0.1, 0.15) is 10.4 Å². The summed E-state index contributed by atoms with van der Waals surface area (Å²) in [6.07, 6.45) is 1.55. The second kappa shape index (κ2) is 5.48.